The van der Waals surface area contributed by atoms with Crippen molar-refractivity contribution in [3.8, 4) is 6.07 Å². The smallest absolute Gasteiger partial charge is 0.313 e. The first-order valence-electron chi connectivity index (χ1n) is 3.43. The molecule has 4 nitrogen and oxygen atoms in total. The van der Waals surface area contributed by atoms with Crippen molar-refractivity contribution < 1.29 is 9.90 Å². The van der Waals surface area contributed by atoms with E-state index in [0.29, 0.717) is 10.6 Å². The summed E-state index contributed by atoms with van der Waals surface area (Å²) in [5.41, 5.74) is 0.489. The normalized spacial score (nSPS) is 9.15. The maximum absolute atomic E-state index is 10.2. The maximum Gasteiger partial charge on any atom is 0.313 e. The van der Waals surface area contributed by atoms with Gasteiger partial charge in [0, 0.05) is 6.20 Å². The van der Waals surface area contributed by atoms with Gasteiger partial charge in [-0.2, -0.15) is 5.26 Å². The molecular formula is C8H6N2O2S. The molecular weight excluding hydrogens is 188 g/mol. The van der Waals surface area contributed by atoms with Crippen LogP contribution in [0.4, 0.5) is 0 Å². The summed E-state index contributed by atoms with van der Waals surface area (Å²) in [5.74, 6) is -0.934. The molecule has 0 aliphatic carbocycles. The first-order valence-corrected chi connectivity index (χ1v) is 4.41. The number of carbonyl (C=O) groups is 1. The molecule has 0 atom stereocenters. The molecule has 1 aromatic heterocycles. The fourth-order valence-electron chi connectivity index (χ4n) is 0.694. The summed E-state index contributed by atoms with van der Waals surface area (Å²) in [6.45, 7) is 0. The number of nitrogens with zero attached hydrogens (tertiary/aromatic N) is 2. The lowest BCUT2D eigenvalue weighted by Gasteiger charge is -1.96. The first kappa shape index (κ1) is 9.55. The zero-order chi connectivity index (χ0) is 9.68. The van der Waals surface area contributed by atoms with E-state index >= 15 is 0 Å². The van der Waals surface area contributed by atoms with Gasteiger partial charge in [-0.3, -0.25) is 4.79 Å². The molecule has 0 saturated carbocycles. The summed E-state index contributed by atoms with van der Waals surface area (Å²) >= 11 is 1.10. The van der Waals surface area contributed by atoms with E-state index in [2.05, 4.69) is 4.98 Å². The topological polar surface area (TPSA) is 74.0 Å². The van der Waals surface area contributed by atoms with Crippen LogP contribution in [0.3, 0.4) is 0 Å². The minimum atomic E-state index is -0.894. The summed E-state index contributed by atoms with van der Waals surface area (Å²) in [6, 6.07) is 5.09. The van der Waals surface area contributed by atoms with Crippen LogP contribution in [-0.2, 0) is 4.79 Å². The summed E-state index contributed by atoms with van der Waals surface area (Å²) in [7, 11) is 0. The largest absolute Gasteiger partial charge is 0.481 e. The maximum atomic E-state index is 10.2. The highest BCUT2D eigenvalue weighted by Gasteiger charge is 2.01. The van der Waals surface area contributed by atoms with Crippen LogP contribution in [0.15, 0.2) is 23.4 Å². The van der Waals surface area contributed by atoms with E-state index in [-0.39, 0.29) is 5.75 Å². The van der Waals surface area contributed by atoms with Gasteiger partial charge in [0.2, 0.25) is 0 Å². The molecule has 0 saturated heterocycles. The molecule has 0 bridgehead atoms. The number of nitriles is 1. The molecule has 1 rings (SSSR count). The highest BCUT2D eigenvalue weighted by molar-refractivity contribution is 7.99. The zero-order valence-corrected chi connectivity index (χ0v) is 7.41. The number of aliphatic carboxylic acids is 1. The molecule has 13 heavy (non-hydrogen) atoms. The van der Waals surface area contributed by atoms with Crippen LogP contribution in [0.1, 0.15) is 5.56 Å². The lowest BCUT2D eigenvalue weighted by molar-refractivity contribution is -0.133. The van der Waals surface area contributed by atoms with E-state index in [1.807, 2.05) is 6.07 Å². The van der Waals surface area contributed by atoms with Gasteiger partial charge >= 0.3 is 5.97 Å². The van der Waals surface area contributed by atoms with E-state index in [4.69, 9.17) is 10.4 Å². The molecule has 1 aromatic rings. The van der Waals surface area contributed by atoms with Crippen molar-refractivity contribution in [2.24, 2.45) is 0 Å². The van der Waals surface area contributed by atoms with Crippen LogP contribution in [0.5, 0.6) is 0 Å². The Labute approximate surface area is 79.2 Å². The summed E-state index contributed by atoms with van der Waals surface area (Å²) < 4.78 is 0. The fraction of sp³-hybridized carbons (Fsp3) is 0.125. The number of hydrogen-bond acceptors (Lipinski definition) is 4. The summed E-state index contributed by atoms with van der Waals surface area (Å²) in [4.78, 5) is 14.1. The monoisotopic (exact) mass is 194 g/mol. The van der Waals surface area contributed by atoms with Gasteiger partial charge in [-0.15, -0.1) is 0 Å². The average Bonchev–Trinajstić information content (AvgIpc) is 2.15. The molecule has 1 N–H and O–H groups in total. The number of pyridine rings is 1. The van der Waals surface area contributed by atoms with Crippen molar-refractivity contribution in [3.63, 3.8) is 0 Å². The fourth-order valence-corrected chi connectivity index (χ4v) is 1.31. The SMILES string of the molecule is N#Cc1ccnc(SCC(=O)O)c1. The number of rotatable bonds is 3. The van der Waals surface area contributed by atoms with Crippen molar-refractivity contribution in [3.05, 3.63) is 23.9 Å². The van der Waals surface area contributed by atoms with Crippen LogP contribution in [0, 0.1) is 11.3 Å². The van der Waals surface area contributed by atoms with Gasteiger partial charge in [-0.1, -0.05) is 11.8 Å². The van der Waals surface area contributed by atoms with E-state index < -0.39 is 5.97 Å². The van der Waals surface area contributed by atoms with E-state index in [0.717, 1.165) is 11.8 Å². The molecule has 0 aromatic carbocycles. The van der Waals surface area contributed by atoms with Crippen LogP contribution in [0.2, 0.25) is 0 Å². The first-order chi connectivity index (χ1) is 6.22. The van der Waals surface area contributed by atoms with E-state index in [1.54, 1.807) is 12.1 Å². The average molecular weight is 194 g/mol. The molecule has 5 heteroatoms. The predicted octanol–water partition coefficient (Wildman–Crippen LogP) is 1.13. The second-order valence-corrected chi connectivity index (χ2v) is 3.17. The molecule has 0 spiro atoms. The van der Waals surface area contributed by atoms with Gasteiger partial charge in [0.15, 0.2) is 0 Å². The van der Waals surface area contributed by atoms with Gasteiger partial charge in [0.25, 0.3) is 0 Å². The molecule has 0 unspecified atom stereocenters. The zero-order valence-electron chi connectivity index (χ0n) is 6.60. The quantitative estimate of drug-likeness (QED) is 0.730. The van der Waals surface area contributed by atoms with Gasteiger partial charge in [-0.05, 0) is 12.1 Å². The van der Waals surface area contributed by atoms with Gasteiger partial charge < -0.3 is 5.11 Å². The predicted molar refractivity (Wildman–Crippen MR) is 47.3 cm³/mol. The van der Waals surface area contributed by atoms with E-state index in [1.165, 1.54) is 6.20 Å². The second-order valence-electron chi connectivity index (χ2n) is 2.18. The Bertz CT molecular complexity index is 359. The summed E-state index contributed by atoms with van der Waals surface area (Å²) in [5, 5.41) is 17.5. The minimum absolute atomic E-state index is 0.0398. The van der Waals surface area contributed by atoms with Crippen molar-refractivity contribution >= 4 is 17.7 Å². The Kier molecular flexibility index (Phi) is 3.29. The molecule has 0 aliphatic rings. The Balaban J connectivity index is 2.68. The van der Waals surface area contributed by atoms with Crippen LogP contribution >= 0.6 is 11.8 Å². The van der Waals surface area contributed by atoms with Gasteiger partial charge in [0.05, 0.1) is 22.4 Å². The number of thioether (sulfide) groups is 1. The molecule has 0 fully saturated rings. The minimum Gasteiger partial charge on any atom is -0.481 e. The molecule has 0 radical (unpaired) electrons. The van der Waals surface area contributed by atoms with Crippen molar-refractivity contribution in [2.45, 2.75) is 5.03 Å². The third kappa shape index (κ3) is 3.13. The van der Waals surface area contributed by atoms with E-state index in [9.17, 15) is 4.79 Å². The Morgan fingerprint density at radius 3 is 3.15 bits per heavy atom. The number of carboxylic acid groups (broad SMARTS) is 1. The Morgan fingerprint density at radius 1 is 1.77 bits per heavy atom. The Hall–Kier alpha value is -1.54. The van der Waals surface area contributed by atoms with Crippen molar-refractivity contribution in [1.82, 2.24) is 4.98 Å². The van der Waals surface area contributed by atoms with Crippen molar-refractivity contribution in [2.75, 3.05) is 5.75 Å². The molecule has 0 amide bonds. The lowest BCUT2D eigenvalue weighted by Crippen LogP contribution is -1.98. The van der Waals surface area contributed by atoms with Crippen LogP contribution in [-0.4, -0.2) is 21.8 Å². The molecule has 0 aliphatic heterocycles. The number of aromatic nitrogens is 1. The third-order valence-corrected chi connectivity index (χ3v) is 2.12. The van der Waals surface area contributed by atoms with Crippen LogP contribution < -0.4 is 0 Å². The van der Waals surface area contributed by atoms with Gasteiger partial charge in [-0.25, -0.2) is 4.98 Å². The lowest BCUT2D eigenvalue weighted by atomic mass is 10.3. The molecule has 66 valence electrons. The summed E-state index contributed by atoms with van der Waals surface area (Å²) in [6.07, 6.45) is 1.49. The van der Waals surface area contributed by atoms with Gasteiger partial charge in [0.1, 0.15) is 0 Å². The second kappa shape index (κ2) is 4.48. The van der Waals surface area contributed by atoms with Crippen molar-refractivity contribution in [1.29, 1.82) is 5.26 Å². The van der Waals surface area contributed by atoms with Crippen LogP contribution in [0.25, 0.3) is 0 Å². The standard InChI is InChI=1S/C8H6N2O2S/c9-4-6-1-2-10-7(3-6)13-5-8(11)12/h1-3H,5H2,(H,11,12). The number of hydrogen-bond donors (Lipinski definition) is 1. The number of carboxylic acids is 1. The highest BCUT2D eigenvalue weighted by atomic mass is 32.2. The Morgan fingerprint density at radius 2 is 2.54 bits per heavy atom. The highest BCUT2D eigenvalue weighted by Crippen LogP contribution is 2.15. The molecule has 1 heterocycles. The third-order valence-electron chi connectivity index (χ3n) is 1.21.